The van der Waals surface area contributed by atoms with Gasteiger partial charge in [-0.1, -0.05) is 139 Å². The van der Waals surface area contributed by atoms with Gasteiger partial charge in [-0.15, -0.1) is 0 Å². The van der Waals surface area contributed by atoms with E-state index in [9.17, 15) is 0 Å². The van der Waals surface area contributed by atoms with Gasteiger partial charge in [-0.05, 0) is 87.4 Å². The molecule has 0 bridgehead atoms. The smallest absolute Gasteiger partial charge is 0.0604 e. The molecule has 1 aliphatic carbocycles. The average Bonchev–Trinajstić information content (AvgIpc) is 3.56. The minimum Gasteiger partial charge on any atom is -0.308 e. The highest BCUT2D eigenvalue weighted by molar-refractivity contribution is 9.10. The quantitative estimate of drug-likeness (QED) is 0.163. The monoisotopic (exact) mass is 673 g/mol. The molecule has 0 radical (unpaired) electrons. The van der Waals surface area contributed by atoms with Crippen molar-refractivity contribution in [2.75, 3.05) is 0 Å². The summed E-state index contributed by atoms with van der Waals surface area (Å²) < 4.78 is 4.60. The van der Waals surface area contributed by atoms with E-state index in [2.05, 4.69) is 165 Å². The lowest BCUT2D eigenvalue weighted by Gasteiger charge is -2.09. The second-order valence-corrected chi connectivity index (χ2v) is 11.8. The fraction of sp³-hybridized carbons (Fsp3) is 0.0769. The topological polar surface area (TPSA) is 4.93 Å². The van der Waals surface area contributed by atoms with E-state index in [4.69, 9.17) is 0 Å². The Hall–Kier alpha value is -3.92. The fourth-order valence-corrected chi connectivity index (χ4v) is 6.19. The van der Waals surface area contributed by atoms with Crippen LogP contribution in [0.4, 0.5) is 0 Å². The van der Waals surface area contributed by atoms with Gasteiger partial charge in [0, 0.05) is 19.7 Å². The molecule has 0 unspecified atom stereocenters. The Morgan fingerprint density at radius 3 is 1.40 bits per heavy atom. The van der Waals surface area contributed by atoms with Crippen molar-refractivity contribution in [3.63, 3.8) is 0 Å². The standard InChI is InChI=1S/C18H12BrN.C13H10.C7H7Br.CH4/c19-15-9-3-6-12-18(15)20-16-10-4-1-7-13(16)14-8-2-5-11-17(14)20;1-3-7-12-10(5-1)9-11-6-2-4-8-13(11)12;1-6-4-2-3-5-7(6)8;/h1-12H;1-8H,9H2;2-5H,1H3;1H4. The first-order valence-corrected chi connectivity index (χ1v) is 15.3. The van der Waals surface area contributed by atoms with Crippen molar-refractivity contribution in [1.29, 1.82) is 0 Å². The summed E-state index contributed by atoms with van der Waals surface area (Å²) in [5.41, 5.74) is 10.7. The van der Waals surface area contributed by atoms with Gasteiger partial charge >= 0.3 is 0 Å². The van der Waals surface area contributed by atoms with Crippen molar-refractivity contribution in [3.05, 3.63) is 171 Å². The van der Waals surface area contributed by atoms with Crippen molar-refractivity contribution in [1.82, 2.24) is 4.57 Å². The molecule has 0 N–H and O–H groups in total. The summed E-state index contributed by atoms with van der Waals surface area (Å²) in [6, 6.07) is 50.9. The average molecular weight is 676 g/mol. The fourth-order valence-electron chi connectivity index (χ4n) is 5.45. The van der Waals surface area contributed by atoms with E-state index in [1.807, 2.05) is 24.3 Å². The van der Waals surface area contributed by atoms with E-state index in [0.29, 0.717) is 0 Å². The lowest BCUT2D eigenvalue weighted by molar-refractivity contribution is 1.17. The van der Waals surface area contributed by atoms with E-state index in [-0.39, 0.29) is 7.43 Å². The number of rotatable bonds is 1. The second-order valence-electron chi connectivity index (χ2n) is 10.1. The van der Waals surface area contributed by atoms with Crippen LogP contribution < -0.4 is 0 Å². The van der Waals surface area contributed by atoms with E-state index in [1.54, 1.807) is 0 Å². The first-order valence-electron chi connectivity index (χ1n) is 13.7. The first-order chi connectivity index (χ1) is 20.1. The third kappa shape index (κ3) is 5.99. The van der Waals surface area contributed by atoms with Crippen LogP contribution >= 0.6 is 31.9 Å². The number of nitrogens with zero attached hydrogens (tertiary/aromatic N) is 1. The van der Waals surface area contributed by atoms with Crippen LogP contribution in [0, 0.1) is 6.92 Å². The molecule has 3 heteroatoms. The highest BCUT2D eigenvalue weighted by Gasteiger charge is 2.16. The number of aryl methyl sites for hydroxylation is 1. The number of aromatic nitrogens is 1. The van der Waals surface area contributed by atoms with Crippen LogP contribution in [0.3, 0.4) is 0 Å². The van der Waals surface area contributed by atoms with E-state index in [1.165, 1.54) is 59.8 Å². The van der Waals surface area contributed by atoms with Crippen molar-refractivity contribution < 1.29 is 0 Å². The van der Waals surface area contributed by atoms with Crippen LogP contribution in [0.1, 0.15) is 24.1 Å². The summed E-state index contributed by atoms with van der Waals surface area (Å²) in [6.07, 6.45) is 1.10. The number of halogens is 2. The summed E-state index contributed by atoms with van der Waals surface area (Å²) in [5.74, 6) is 0. The molecule has 0 fully saturated rings. The van der Waals surface area contributed by atoms with Crippen LogP contribution in [0.5, 0.6) is 0 Å². The SMILES string of the molecule is Brc1ccccc1-n1c2ccccc2c2ccccc21.C.Cc1ccccc1Br.c1ccc2c(c1)Cc1ccccc1-2. The molecule has 1 nitrogen and oxygen atoms in total. The molecule has 6 aromatic carbocycles. The van der Waals surface area contributed by atoms with Gasteiger partial charge < -0.3 is 4.57 Å². The summed E-state index contributed by atoms with van der Waals surface area (Å²) in [7, 11) is 0. The lowest BCUT2D eigenvalue weighted by Crippen LogP contribution is -1.94. The van der Waals surface area contributed by atoms with Gasteiger partial charge in [0.1, 0.15) is 0 Å². The minimum absolute atomic E-state index is 0. The third-order valence-electron chi connectivity index (χ3n) is 7.46. The van der Waals surface area contributed by atoms with Gasteiger partial charge in [0.05, 0.1) is 16.7 Å². The van der Waals surface area contributed by atoms with Crippen molar-refractivity contribution in [3.8, 4) is 16.8 Å². The Balaban J connectivity index is 0.000000138. The number of para-hydroxylation sites is 3. The van der Waals surface area contributed by atoms with Crippen LogP contribution in [0.25, 0.3) is 38.6 Å². The second kappa shape index (κ2) is 13.4. The highest BCUT2D eigenvalue weighted by Crippen LogP contribution is 2.36. The van der Waals surface area contributed by atoms with Crippen molar-refractivity contribution >= 4 is 53.7 Å². The first kappa shape index (κ1) is 29.6. The Labute approximate surface area is 265 Å². The maximum absolute atomic E-state index is 3.67. The Bertz CT molecular complexity index is 1850. The number of benzene rings is 6. The highest BCUT2D eigenvalue weighted by atomic mass is 79.9. The molecular formula is C39H33Br2N. The molecule has 42 heavy (non-hydrogen) atoms. The molecule has 0 amide bonds. The summed E-state index contributed by atoms with van der Waals surface area (Å²) >= 11 is 7.06. The van der Waals surface area contributed by atoms with Gasteiger partial charge in [-0.3, -0.25) is 0 Å². The maximum atomic E-state index is 3.67. The predicted molar refractivity (Wildman–Crippen MR) is 189 cm³/mol. The Morgan fingerprint density at radius 1 is 0.476 bits per heavy atom. The van der Waals surface area contributed by atoms with Gasteiger partial charge in [0.25, 0.3) is 0 Å². The van der Waals surface area contributed by atoms with E-state index in [0.717, 1.165) is 10.9 Å². The molecule has 208 valence electrons. The van der Waals surface area contributed by atoms with Gasteiger partial charge in [0.15, 0.2) is 0 Å². The van der Waals surface area contributed by atoms with Crippen LogP contribution in [-0.4, -0.2) is 4.57 Å². The van der Waals surface area contributed by atoms with Crippen LogP contribution in [0.15, 0.2) is 155 Å². The van der Waals surface area contributed by atoms with Gasteiger partial charge in [0.2, 0.25) is 0 Å². The summed E-state index contributed by atoms with van der Waals surface area (Å²) in [5, 5.41) is 2.58. The lowest BCUT2D eigenvalue weighted by atomic mass is 10.1. The number of hydrogen-bond donors (Lipinski definition) is 0. The third-order valence-corrected chi connectivity index (χ3v) is 9.02. The summed E-state index contributed by atoms with van der Waals surface area (Å²) in [6.45, 7) is 2.07. The minimum atomic E-state index is 0. The Morgan fingerprint density at radius 2 is 0.905 bits per heavy atom. The number of fused-ring (bicyclic) bond motifs is 6. The van der Waals surface area contributed by atoms with Crippen molar-refractivity contribution in [2.24, 2.45) is 0 Å². The molecule has 1 aromatic heterocycles. The largest absolute Gasteiger partial charge is 0.308 e. The molecule has 0 atom stereocenters. The molecular weight excluding hydrogens is 642 g/mol. The molecule has 1 aliphatic rings. The molecule has 7 aromatic rings. The van der Waals surface area contributed by atoms with Crippen LogP contribution in [0.2, 0.25) is 0 Å². The maximum Gasteiger partial charge on any atom is 0.0604 e. The zero-order chi connectivity index (χ0) is 28.2. The van der Waals surface area contributed by atoms with E-state index >= 15 is 0 Å². The molecule has 0 aliphatic heterocycles. The zero-order valence-corrected chi connectivity index (χ0v) is 25.9. The molecule has 0 spiro atoms. The van der Waals surface area contributed by atoms with E-state index < -0.39 is 0 Å². The molecule has 0 saturated carbocycles. The van der Waals surface area contributed by atoms with Crippen LogP contribution in [-0.2, 0) is 6.42 Å². The summed E-state index contributed by atoms with van der Waals surface area (Å²) in [4.78, 5) is 0. The number of hydrogen-bond acceptors (Lipinski definition) is 0. The van der Waals surface area contributed by atoms with Gasteiger partial charge in [-0.2, -0.15) is 0 Å². The normalized spacial score (nSPS) is 10.9. The van der Waals surface area contributed by atoms with Crippen molar-refractivity contribution in [2.45, 2.75) is 20.8 Å². The predicted octanol–water partition coefficient (Wildman–Crippen LogP) is 12.2. The zero-order valence-electron chi connectivity index (χ0n) is 22.8. The molecule has 0 saturated heterocycles. The Kier molecular flexibility index (Phi) is 9.41. The molecule has 1 heterocycles. The molecule has 8 rings (SSSR count). The van der Waals surface area contributed by atoms with Gasteiger partial charge in [-0.25, -0.2) is 0 Å².